The topological polar surface area (TPSA) is 112 Å². The van der Waals surface area contributed by atoms with Gasteiger partial charge in [0.25, 0.3) is 5.69 Å². The number of nitrogens with one attached hydrogen (secondary N) is 1. The first-order valence-electron chi connectivity index (χ1n) is 10.6. The normalized spacial score (nSPS) is 18.9. The third-order valence-electron chi connectivity index (χ3n) is 6.10. The number of carbonyl (C=O) groups is 1. The number of methoxy groups -OCH3 is 1. The van der Waals surface area contributed by atoms with E-state index in [0.29, 0.717) is 29.3 Å². The summed E-state index contributed by atoms with van der Waals surface area (Å²) >= 11 is 0. The zero-order valence-corrected chi connectivity index (χ0v) is 18.5. The molecule has 168 valence electrons. The van der Waals surface area contributed by atoms with Gasteiger partial charge in [-0.05, 0) is 41.7 Å². The molecule has 0 amide bonds. The van der Waals surface area contributed by atoms with Gasteiger partial charge in [0.15, 0.2) is 11.6 Å². The number of ketones is 1. The van der Waals surface area contributed by atoms with Gasteiger partial charge >= 0.3 is 0 Å². The van der Waals surface area contributed by atoms with Crippen LogP contribution in [0.1, 0.15) is 38.3 Å². The highest BCUT2D eigenvalue weighted by Gasteiger charge is 2.41. The Morgan fingerprint density at radius 3 is 2.45 bits per heavy atom. The molecule has 33 heavy (non-hydrogen) atoms. The number of non-ortho nitro benzene ring substituents is 1. The summed E-state index contributed by atoms with van der Waals surface area (Å²) in [6, 6.07) is 13.3. The van der Waals surface area contributed by atoms with Crippen molar-refractivity contribution >= 4 is 17.4 Å². The zero-order chi connectivity index (χ0) is 23.3. The number of aromatic nitrogens is 3. The lowest BCUT2D eigenvalue weighted by Crippen LogP contribution is -2.36. The maximum absolute atomic E-state index is 13.3. The van der Waals surface area contributed by atoms with Gasteiger partial charge in [-0.25, -0.2) is 4.68 Å². The number of hydrogen-bond acceptors (Lipinski definition) is 7. The van der Waals surface area contributed by atoms with Crippen LogP contribution in [0.2, 0.25) is 0 Å². The van der Waals surface area contributed by atoms with Crippen LogP contribution in [0.25, 0.3) is 11.4 Å². The molecule has 0 fully saturated rings. The number of nitro benzene ring substituents is 1. The number of anilines is 1. The van der Waals surface area contributed by atoms with Gasteiger partial charge in [0.1, 0.15) is 11.8 Å². The number of rotatable bonds is 4. The number of hydrogen-bond donors (Lipinski definition) is 1. The summed E-state index contributed by atoms with van der Waals surface area (Å²) in [7, 11) is 1.61. The monoisotopic (exact) mass is 445 g/mol. The second kappa shape index (κ2) is 7.54. The molecule has 1 aliphatic carbocycles. The number of allylic oxidation sites excluding steroid dienone is 2. The van der Waals surface area contributed by atoms with Crippen LogP contribution in [0.15, 0.2) is 59.8 Å². The van der Waals surface area contributed by atoms with E-state index in [4.69, 9.17) is 9.84 Å². The molecule has 1 aromatic heterocycles. The maximum atomic E-state index is 13.3. The van der Waals surface area contributed by atoms with Gasteiger partial charge in [0.05, 0.1) is 12.0 Å². The molecule has 2 aromatic carbocycles. The van der Waals surface area contributed by atoms with E-state index in [1.165, 1.54) is 12.1 Å². The fourth-order valence-corrected chi connectivity index (χ4v) is 4.56. The summed E-state index contributed by atoms with van der Waals surface area (Å²) in [5.41, 5.74) is 2.97. The largest absolute Gasteiger partial charge is 0.497 e. The molecular formula is C24H23N5O4. The van der Waals surface area contributed by atoms with Crippen molar-refractivity contribution in [2.24, 2.45) is 5.41 Å². The molecule has 0 spiro atoms. The van der Waals surface area contributed by atoms with E-state index in [9.17, 15) is 14.9 Å². The minimum atomic E-state index is -0.442. The van der Waals surface area contributed by atoms with Crippen LogP contribution in [0.3, 0.4) is 0 Å². The molecule has 1 N–H and O–H groups in total. The molecule has 1 atom stereocenters. The van der Waals surface area contributed by atoms with Crippen LogP contribution in [0.4, 0.5) is 11.6 Å². The Labute approximate surface area is 190 Å². The molecule has 3 aromatic rings. The number of ether oxygens (including phenoxy) is 1. The highest BCUT2D eigenvalue weighted by Crippen LogP contribution is 2.45. The first-order chi connectivity index (χ1) is 15.8. The van der Waals surface area contributed by atoms with Crippen LogP contribution >= 0.6 is 0 Å². The Morgan fingerprint density at radius 1 is 1.12 bits per heavy atom. The van der Waals surface area contributed by atoms with Crippen LogP contribution < -0.4 is 10.1 Å². The number of fused-ring (bicyclic) bond motifs is 1. The van der Waals surface area contributed by atoms with E-state index in [2.05, 4.69) is 24.1 Å². The average Bonchev–Trinajstić information content (AvgIpc) is 3.20. The SMILES string of the molecule is COc1ccc(C2C3=C(CC(C)(C)CC3=O)Nc3nc(-c4ccc([N+](=O)[O-])cc4)nn32)cc1. The second-order valence-corrected chi connectivity index (χ2v) is 9.14. The second-order valence-electron chi connectivity index (χ2n) is 9.14. The van der Waals surface area contributed by atoms with Gasteiger partial charge in [-0.2, -0.15) is 4.98 Å². The summed E-state index contributed by atoms with van der Waals surface area (Å²) in [5.74, 6) is 1.78. The lowest BCUT2D eigenvalue weighted by Gasteiger charge is -2.38. The van der Waals surface area contributed by atoms with Crippen molar-refractivity contribution < 1.29 is 14.5 Å². The minimum absolute atomic E-state index is 0.00177. The minimum Gasteiger partial charge on any atom is -0.497 e. The molecule has 9 heteroatoms. The molecule has 0 saturated carbocycles. The highest BCUT2D eigenvalue weighted by molar-refractivity contribution is 6.00. The summed E-state index contributed by atoms with van der Waals surface area (Å²) < 4.78 is 7.03. The van der Waals surface area contributed by atoms with Crippen LogP contribution in [0.5, 0.6) is 5.75 Å². The number of benzene rings is 2. The van der Waals surface area contributed by atoms with E-state index < -0.39 is 11.0 Å². The van der Waals surface area contributed by atoms with Gasteiger partial charge in [0, 0.05) is 35.4 Å². The van der Waals surface area contributed by atoms with E-state index in [1.807, 2.05) is 24.3 Å². The third kappa shape index (κ3) is 3.65. The van der Waals surface area contributed by atoms with E-state index in [1.54, 1.807) is 23.9 Å². The third-order valence-corrected chi connectivity index (χ3v) is 6.10. The Balaban J connectivity index is 1.63. The summed E-state index contributed by atoms with van der Waals surface area (Å²) in [5, 5.41) is 19.1. The molecule has 0 bridgehead atoms. The van der Waals surface area contributed by atoms with Gasteiger partial charge in [-0.3, -0.25) is 14.9 Å². The quantitative estimate of drug-likeness (QED) is 0.464. The Kier molecular flexibility index (Phi) is 4.77. The summed E-state index contributed by atoms with van der Waals surface area (Å²) in [6.07, 6.45) is 1.18. The molecular weight excluding hydrogens is 422 g/mol. The van der Waals surface area contributed by atoms with Crippen molar-refractivity contribution in [3.05, 3.63) is 75.5 Å². The zero-order valence-electron chi connectivity index (χ0n) is 18.5. The lowest BCUT2D eigenvalue weighted by molar-refractivity contribution is -0.384. The van der Waals surface area contributed by atoms with Crippen molar-refractivity contribution in [2.45, 2.75) is 32.7 Å². The van der Waals surface area contributed by atoms with Crippen molar-refractivity contribution in [2.75, 3.05) is 12.4 Å². The van der Waals surface area contributed by atoms with Gasteiger partial charge < -0.3 is 10.1 Å². The molecule has 2 heterocycles. The predicted octanol–water partition coefficient (Wildman–Crippen LogP) is 4.52. The Morgan fingerprint density at radius 2 is 1.82 bits per heavy atom. The molecule has 1 unspecified atom stereocenters. The number of nitro groups is 1. The molecule has 9 nitrogen and oxygen atoms in total. The smallest absolute Gasteiger partial charge is 0.269 e. The number of nitrogens with zero attached hydrogens (tertiary/aromatic N) is 4. The summed E-state index contributed by atoms with van der Waals surface area (Å²) in [6.45, 7) is 4.17. The van der Waals surface area contributed by atoms with Crippen molar-refractivity contribution in [3.8, 4) is 17.1 Å². The van der Waals surface area contributed by atoms with Gasteiger partial charge in [-0.15, -0.1) is 5.10 Å². The maximum Gasteiger partial charge on any atom is 0.269 e. The summed E-state index contributed by atoms with van der Waals surface area (Å²) in [4.78, 5) is 28.5. The van der Waals surface area contributed by atoms with E-state index in [-0.39, 0.29) is 16.9 Å². The van der Waals surface area contributed by atoms with Crippen LogP contribution in [-0.4, -0.2) is 32.6 Å². The Bertz CT molecular complexity index is 1290. The fourth-order valence-electron chi connectivity index (χ4n) is 4.56. The molecule has 0 saturated heterocycles. The average molecular weight is 445 g/mol. The first-order valence-corrected chi connectivity index (χ1v) is 10.6. The molecule has 0 radical (unpaired) electrons. The fraction of sp³-hybridized carbons (Fsp3) is 0.292. The first kappa shape index (κ1) is 20.9. The Hall–Kier alpha value is -4.01. The predicted molar refractivity (Wildman–Crippen MR) is 122 cm³/mol. The molecule has 1 aliphatic heterocycles. The van der Waals surface area contributed by atoms with E-state index in [0.717, 1.165) is 23.4 Å². The van der Waals surface area contributed by atoms with E-state index >= 15 is 0 Å². The number of carbonyl (C=O) groups excluding carboxylic acids is 1. The van der Waals surface area contributed by atoms with Crippen molar-refractivity contribution in [3.63, 3.8) is 0 Å². The van der Waals surface area contributed by atoms with Crippen LogP contribution in [-0.2, 0) is 4.79 Å². The lowest BCUT2D eigenvalue weighted by atomic mass is 9.73. The van der Waals surface area contributed by atoms with Crippen molar-refractivity contribution in [1.82, 2.24) is 14.8 Å². The van der Waals surface area contributed by atoms with Gasteiger partial charge in [-0.1, -0.05) is 26.0 Å². The highest BCUT2D eigenvalue weighted by atomic mass is 16.6. The van der Waals surface area contributed by atoms with Crippen LogP contribution in [0, 0.1) is 15.5 Å². The van der Waals surface area contributed by atoms with Gasteiger partial charge in [0.2, 0.25) is 5.95 Å². The number of Topliss-reactive ketones (excluding diaryl/α,β-unsaturated/α-hetero) is 1. The standard InChI is InChI=1S/C24H23N5O4/c1-24(2)12-18-20(19(30)13-24)21(14-6-10-17(33-3)11-7-14)28-23(25-18)26-22(27-28)15-4-8-16(9-5-15)29(31)32/h4-11,21H,12-13H2,1-3H3,(H,25,26,27). The molecule has 5 rings (SSSR count). The molecule has 2 aliphatic rings. The van der Waals surface area contributed by atoms with Crippen molar-refractivity contribution in [1.29, 1.82) is 0 Å².